The number of hydrogen-bond acceptors (Lipinski definition) is 6. The summed E-state index contributed by atoms with van der Waals surface area (Å²) in [6.07, 6.45) is -2.89. The van der Waals surface area contributed by atoms with E-state index in [1.165, 1.54) is 6.07 Å². The number of carbonyl (C=O) groups is 1. The number of anilines is 3. The van der Waals surface area contributed by atoms with Crippen molar-refractivity contribution < 1.29 is 23.1 Å². The molecule has 150 valence electrons. The molecule has 29 heavy (non-hydrogen) atoms. The number of nitrogens with zero attached hydrogens (tertiary/aromatic N) is 3. The van der Waals surface area contributed by atoms with Gasteiger partial charge in [0, 0.05) is 16.7 Å². The van der Waals surface area contributed by atoms with Crippen molar-refractivity contribution in [1.29, 1.82) is 0 Å². The maximum Gasteiger partial charge on any atom is 0.416 e. The van der Waals surface area contributed by atoms with E-state index in [0.29, 0.717) is 17.1 Å². The van der Waals surface area contributed by atoms with E-state index in [4.69, 9.17) is 5.11 Å². The molecule has 3 rings (SSSR count). The third-order valence-electron chi connectivity index (χ3n) is 3.61. The van der Waals surface area contributed by atoms with Crippen LogP contribution in [0.3, 0.4) is 0 Å². The molecular weight excluding hydrogens is 455 g/mol. The van der Waals surface area contributed by atoms with E-state index < -0.39 is 24.3 Å². The summed E-state index contributed by atoms with van der Waals surface area (Å²) in [5.74, 6) is -0.827. The van der Waals surface area contributed by atoms with Crippen LogP contribution >= 0.6 is 15.9 Å². The number of aromatic nitrogens is 3. The zero-order valence-corrected chi connectivity index (χ0v) is 16.1. The van der Waals surface area contributed by atoms with Gasteiger partial charge in [0.2, 0.25) is 5.95 Å². The summed E-state index contributed by atoms with van der Waals surface area (Å²) in [4.78, 5) is 23.4. The number of carboxylic acid groups (broad SMARTS) is 1. The predicted octanol–water partition coefficient (Wildman–Crippen LogP) is 4.56. The van der Waals surface area contributed by atoms with Crippen molar-refractivity contribution >= 4 is 39.4 Å². The predicted molar refractivity (Wildman–Crippen MR) is 104 cm³/mol. The van der Waals surface area contributed by atoms with Crippen LogP contribution in [0, 0.1) is 0 Å². The third kappa shape index (κ3) is 5.41. The number of aliphatic carboxylic acids is 1. The van der Waals surface area contributed by atoms with Crippen molar-refractivity contribution in [1.82, 2.24) is 15.0 Å². The van der Waals surface area contributed by atoms with Gasteiger partial charge in [0.05, 0.1) is 22.6 Å². The van der Waals surface area contributed by atoms with Crippen LogP contribution in [0.2, 0.25) is 0 Å². The number of benzene rings is 1. The minimum Gasteiger partial charge on any atom is -0.480 e. The zero-order valence-electron chi connectivity index (χ0n) is 14.5. The molecule has 7 nitrogen and oxygen atoms in total. The molecule has 1 aromatic carbocycles. The number of carboxylic acids is 1. The molecule has 2 heterocycles. The molecule has 0 aliphatic carbocycles. The lowest BCUT2D eigenvalue weighted by Crippen LogP contribution is -2.15. The van der Waals surface area contributed by atoms with E-state index in [9.17, 15) is 18.0 Å². The van der Waals surface area contributed by atoms with Crippen LogP contribution in [-0.4, -0.2) is 32.6 Å². The average molecular weight is 468 g/mol. The van der Waals surface area contributed by atoms with E-state index in [-0.39, 0.29) is 16.2 Å². The van der Waals surface area contributed by atoms with Crippen LogP contribution in [0.25, 0.3) is 11.4 Å². The molecule has 3 aromatic rings. The number of alkyl halides is 3. The van der Waals surface area contributed by atoms with Gasteiger partial charge in [-0.25, -0.2) is 4.98 Å². The first-order chi connectivity index (χ1) is 13.7. The van der Waals surface area contributed by atoms with E-state index in [1.54, 1.807) is 30.5 Å². The summed E-state index contributed by atoms with van der Waals surface area (Å²) in [7, 11) is 0. The standard InChI is InChI=1S/C18H13BrF3N5O2/c19-11-7-10(18(20,21)22)4-5-12(11)25-15-8-14(13-3-1-2-6-23-13)26-17(27-15)24-9-16(28)29/h1-8H,9H2,(H,28,29)(H2,24,25,26,27). The molecular formula is C18H13BrF3N5O2. The van der Waals surface area contributed by atoms with Gasteiger partial charge >= 0.3 is 12.1 Å². The molecule has 11 heteroatoms. The molecule has 0 bridgehead atoms. The monoisotopic (exact) mass is 467 g/mol. The second-order valence-corrected chi connectivity index (χ2v) is 6.60. The number of pyridine rings is 1. The summed E-state index contributed by atoms with van der Waals surface area (Å²) in [6.45, 7) is -0.408. The first-order valence-corrected chi connectivity index (χ1v) is 8.91. The highest BCUT2D eigenvalue weighted by molar-refractivity contribution is 9.10. The third-order valence-corrected chi connectivity index (χ3v) is 4.27. The van der Waals surface area contributed by atoms with Crippen molar-refractivity contribution in [2.75, 3.05) is 17.2 Å². The van der Waals surface area contributed by atoms with Crippen molar-refractivity contribution in [3.05, 3.63) is 58.7 Å². The van der Waals surface area contributed by atoms with Gasteiger partial charge in [-0.15, -0.1) is 0 Å². The Balaban J connectivity index is 1.95. The summed E-state index contributed by atoms with van der Waals surface area (Å²) < 4.78 is 38.7. The lowest BCUT2D eigenvalue weighted by atomic mass is 10.2. The van der Waals surface area contributed by atoms with Gasteiger partial charge < -0.3 is 15.7 Å². The smallest absolute Gasteiger partial charge is 0.416 e. The molecule has 0 saturated heterocycles. The second-order valence-electron chi connectivity index (χ2n) is 5.74. The fourth-order valence-corrected chi connectivity index (χ4v) is 2.80. The first-order valence-electron chi connectivity index (χ1n) is 8.12. The van der Waals surface area contributed by atoms with Gasteiger partial charge in [-0.3, -0.25) is 9.78 Å². The van der Waals surface area contributed by atoms with Crippen molar-refractivity contribution in [2.24, 2.45) is 0 Å². The Morgan fingerprint density at radius 3 is 2.52 bits per heavy atom. The van der Waals surface area contributed by atoms with Crippen LogP contribution in [0.4, 0.5) is 30.6 Å². The Bertz CT molecular complexity index is 1030. The highest BCUT2D eigenvalue weighted by atomic mass is 79.9. The number of hydrogen-bond donors (Lipinski definition) is 3. The maximum atomic E-state index is 12.8. The topological polar surface area (TPSA) is 100 Å². The summed E-state index contributed by atoms with van der Waals surface area (Å²) >= 11 is 3.12. The average Bonchev–Trinajstić information content (AvgIpc) is 2.68. The van der Waals surface area contributed by atoms with E-state index in [2.05, 4.69) is 41.5 Å². The minimum absolute atomic E-state index is 0.0288. The fourth-order valence-electron chi connectivity index (χ4n) is 2.32. The molecule has 0 saturated carbocycles. The molecule has 2 aromatic heterocycles. The van der Waals surface area contributed by atoms with Crippen LogP contribution in [0.5, 0.6) is 0 Å². The molecule has 3 N–H and O–H groups in total. The minimum atomic E-state index is -4.46. The van der Waals surface area contributed by atoms with Gasteiger partial charge in [0.25, 0.3) is 0 Å². The number of halogens is 4. The largest absolute Gasteiger partial charge is 0.480 e. The highest BCUT2D eigenvalue weighted by Gasteiger charge is 2.30. The fraction of sp³-hybridized carbons (Fsp3) is 0.111. The molecule has 0 aliphatic heterocycles. The van der Waals surface area contributed by atoms with Gasteiger partial charge in [-0.1, -0.05) is 6.07 Å². The molecule has 0 aliphatic rings. The Kier molecular flexibility index (Phi) is 5.97. The van der Waals surface area contributed by atoms with Gasteiger partial charge in [0.15, 0.2) is 0 Å². The summed E-state index contributed by atoms with van der Waals surface area (Å²) in [5, 5.41) is 14.3. The van der Waals surface area contributed by atoms with Crippen LogP contribution in [-0.2, 0) is 11.0 Å². The van der Waals surface area contributed by atoms with E-state index >= 15 is 0 Å². The molecule has 0 unspecified atom stereocenters. The normalized spacial score (nSPS) is 11.2. The Morgan fingerprint density at radius 2 is 1.90 bits per heavy atom. The first kappa shape index (κ1) is 20.5. The van der Waals surface area contributed by atoms with E-state index in [1.807, 2.05) is 0 Å². The van der Waals surface area contributed by atoms with Crippen molar-refractivity contribution in [3.63, 3.8) is 0 Å². The Morgan fingerprint density at radius 1 is 1.10 bits per heavy atom. The van der Waals surface area contributed by atoms with Crippen LogP contribution in [0.15, 0.2) is 53.1 Å². The van der Waals surface area contributed by atoms with Gasteiger partial charge in [-0.05, 0) is 46.3 Å². The van der Waals surface area contributed by atoms with Crippen LogP contribution in [0.1, 0.15) is 5.56 Å². The molecule has 0 amide bonds. The Labute approximate surface area is 171 Å². The lowest BCUT2D eigenvalue weighted by molar-refractivity contribution is -0.137. The molecule has 0 atom stereocenters. The SMILES string of the molecule is O=C(O)CNc1nc(Nc2ccc(C(F)(F)F)cc2Br)cc(-c2ccccn2)n1. The maximum absolute atomic E-state index is 12.8. The molecule has 0 fully saturated rings. The zero-order chi connectivity index (χ0) is 21.0. The van der Waals surface area contributed by atoms with Crippen molar-refractivity contribution in [2.45, 2.75) is 6.18 Å². The van der Waals surface area contributed by atoms with Crippen LogP contribution < -0.4 is 10.6 Å². The highest BCUT2D eigenvalue weighted by Crippen LogP contribution is 2.35. The van der Waals surface area contributed by atoms with E-state index in [0.717, 1.165) is 12.1 Å². The van der Waals surface area contributed by atoms with Crippen molar-refractivity contribution in [3.8, 4) is 11.4 Å². The summed E-state index contributed by atoms with van der Waals surface area (Å²) in [6, 6.07) is 9.91. The lowest BCUT2D eigenvalue weighted by Gasteiger charge is -2.13. The summed E-state index contributed by atoms with van der Waals surface area (Å²) in [5.41, 5.74) is 0.463. The molecule has 0 spiro atoms. The van der Waals surface area contributed by atoms with Gasteiger partial charge in [-0.2, -0.15) is 18.2 Å². The van der Waals surface area contributed by atoms with Gasteiger partial charge in [0.1, 0.15) is 12.4 Å². The quantitative estimate of drug-likeness (QED) is 0.488. The second kappa shape index (κ2) is 8.43. The number of nitrogens with one attached hydrogen (secondary N) is 2. The molecule has 0 radical (unpaired) electrons. The Hall–Kier alpha value is -3.21. The number of rotatable bonds is 6.